The maximum Gasteiger partial charge on any atom is 0.322 e. The summed E-state index contributed by atoms with van der Waals surface area (Å²) in [6.07, 6.45) is 2.88. The number of urea groups is 1. The summed E-state index contributed by atoms with van der Waals surface area (Å²) in [6, 6.07) is 19.0. The number of amides is 3. The van der Waals surface area contributed by atoms with Crippen molar-refractivity contribution < 1.29 is 18.4 Å². The topological polar surface area (TPSA) is 82.9 Å². The van der Waals surface area contributed by atoms with Crippen LogP contribution in [0.25, 0.3) is 11.0 Å². The fourth-order valence-electron chi connectivity index (χ4n) is 4.11. The standard InChI is InChI=1S/C30H29ClFN3O4/c1-2-3-15-34(30(38)33-25-8-6-7-23(31)16-25)19-28(36)35(17-21-11-13-24(32)14-12-21)18-22-20-39-27-10-5-4-9-26(27)29(22)37/h4-14,16,20H,2-3,15,17-19H2,1H3,(H,33,38). The Morgan fingerprint density at radius 1 is 0.974 bits per heavy atom. The first-order valence-electron chi connectivity index (χ1n) is 12.7. The number of hydrogen-bond acceptors (Lipinski definition) is 4. The van der Waals surface area contributed by atoms with Crippen LogP contribution in [0.5, 0.6) is 0 Å². The van der Waals surface area contributed by atoms with Crippen LogP contribution in [0.4, 0.5) is 14.9 Å². The summed E-state index contributed by atoms with van der Waals surface area (Å²) in [5, 5.41) is 3.68. The van der Waals surface area contributed by atoms with Crippen molar-refractivity contribution in [3.63, 3.8) is 0 Å². The SMILES string of the molecule is CCCCN(CC(=O)N(Cc1ccc(F)cc1)Cc1coc2ccccc2c1=O)C(=O)Nc1cccc(Cl)c1. The van der Waals surface area contributed by atoms with Gasteiger partial charge in [-0.15, -0.1) is 0 Å². The first-order chi connectivity index (χ1) is 18.8. The summed E-state index contributed by atoms with van der Waals surface area (Å²) in [6.45, 7) is 2.21. The number of benzene rings is 3. The third-order valence-corrected chi connectivity index (χ3v) is 6.46. The second kappa shape index (κ2) is 13.1. The van der Waals surface area contributed by atoms with E-state index in [-0.39, 0.29) is 31.0 Å². The van der Waals surface area contributed by atoms with Gasteiger partial charge < -0.3 is 19.5 Å². The molecule has 0 unspecified atom stereocenters. The van der Waals surface area contributed by atoms with Gasteiger partial charge in [-0.3, -0.25) is 9.59 Å². The molecule has 3 aromatic carbocycles. The van der Waals surface area contributed by atoms with Gasteiger partial charge in [-0.2, -0.15) is 0 Å². The van der Waals surface area contributed by atoms with Gasteiger partial charge in [0.05, 0.1) is 23.8 Å². The Hall–Kier alpha value is -4.17. The molecular formula is C30H29ClFN3O4. The summed E-state index contributed by atoms with van der Waals surface area (Å²) in [5.41, 5.74) is 1.70. The van der Waals surface area contributed by atoms with Gasteiger partial charge in [0.2, 0.25) is 5.91 Å². The van der Waals surface area contributed by atoms with Crippen LogP contribution in [-0.2, 0) is 17.9 Å². The lowest BCUT2D eigenvalue weighted by molar-refractivity contribution is -0.133. The molecule has 0 saturated carbocycles. The highest BCUT2D eigenvalue weighted by Crippen LogP contribution is 2.17. The Kier molecular flexibility index (Phi) is 9.33. The Labute approximate surface area is 230 Å². The second-order valence-corrected chi connectivity index (χ2v) is 9.61. The predicted molar refractivity (Wildman–Crippen MR) is 150 cm³/mol. The van der Waals surface area contributed by atoms with Crippen LogP contribution in [0, 0.1) is 5.82 Å². The lowest BCUT2D eigenvalue weighted by atomic mass is 10.1. The molecule has 39 heavy (non-hydrogen) atoms. The molecule has 0 bridgehead atoms. The van der Waals surface area contributed by atoms with Gasteiger partial charge in [-0.1, -0.05) is 55.3 Å². The normalized spacial score (nSPS) is 10.8. The van der Waals surface area contributed by atoms with Crippen molar-refractivity contribution in [1.29, 1.82) is 0 Å². The van der Waals surface area contributed by atoms with Crippen molar-refractivity contribution in [2.75, 3.05) is 18.4 Å². The van der Waals surface area contributed by atoms with Crippen LogP contribution in [0.3, 0.4) is 0 Å². The van der Waals surface area contributed by atoms with Gasteiger partial charge in [-0.05, 0) is 54.4 Å². The number of para-hydroxylation sites is 1. The minimum absolute atomic E-state index is 0.0408. The van der Waals surface area contributed by atoms with Gasteiger partial charge in [0.25, 0.3) is 0 Å². The molecule has 7 nitrogen and oxygen atoms in total. The van der Waals surface area contributed by atoms with E-state index in [2.05, 4.69) is 5.32 Å². The number of halogens is 2. The summed E-state index contributed by atoms with van der Waals surface area (Å²) in [7, 11) is 0. The Morgan fingerprint density at radius 3 is 2.49 bits per heavy atom. The molecule has 0 spiro atoms. The number of nitrogens with zero attached hydrogens (tertiary/aromatic N) is 2. The Bertz CT molecular complexity index is 1510. The molecule has 202 valence electrons. The summed E-state index contributed by atoms with van der Waals surface area (Å²) < 4.78 is 19.2. The van der Waals surface area contributed by atoms with Gasteiger partial charge in [-0.25, -0.2) is 9.18 Å². The van der Waals surface area contributed by atoms with E-state index in [4.69, 9.17) is 16.0 Å². The number of nitrogens with one attached hydrogen (secondary N) is 1. The van der Waals surface area contributed by atoms with Crippen molar-refractivity contribution >= 4 is 40.2 Å². The molecule has 0 aliphatic heterocycles. The summed E-state index contributed by atoms with van der Waals surface area (Å²) in [4.78, 5) is 42.9. The molecule has 0 aliphatic rings. The van der Waals surface area contributed by atoms with Crippen LogP contribution in [0.1, 0.15) is 30.9 Å². The van der Waals surface area contributed by atoms with E-state index >= 15 is 0 Å². The van der Waals surface area contributed by atoms with E-state index in [1.165, 1.54) is 28.2 Å². The zero-order chi connectivity index (χ0) is 27.8. The second-order valence-electron chi connectivity index (χ2n) is 9.18. The molecule has 4 rings (SSSR count). The third-order valence-electron chi connectivity index (χ3n) is 6.22. The van der Waals surface area contributed by atoms with E-state index in [1.807, 2.05) is 6.92 Å². The molecule has 4 aromatic rings. The molecule has 1 heterocycles. The highest BCUT2D eigenvalue weighted by Gasteiger charge is 2.23. The van der Waals surface area contributed by atoms with Crippen molar-refractivity contribution in [3.8, 4) is 0 Å². The van der Waals surface area contributed by atoms with Crippen molar-refractivity contribution in [2.45, 2.75) is 32.9 Å². The van der Waals surface area contributed by atoms with Gasteiger partial charge >= 0.3 is 6.03 Å². The minimum atomic E-state index is -0.439. The van der Waals surface area contributed by atoms with E-state index < -0.39 is 11.8 Å². The molecule has 0 saturated heterocycles. The van der Waals surface area contributed by atoms with Crippen LogP contribution in [-0.4, -0.2) is 34.8 Å². The lowest BCUT2D eigenvalue weighted by Crippen LogP contribution is -2.44. The van der Waals surface area contributed by atoms with E-state index in [0.717, 1.165) is 6.42 Å². The maximum absolute atomic E-state index is 13.7. The molecule has 0 atom stereocenters. The molecule has 3 amide bonds. The van der Waals surface area contributed by atoms with Crippen LogP contribution < -0.4 is 10.7 Å². The van der Waals surface area contributed by atoms with Crippen molar-refractivity contribution in [1.82, 2.24) is 9.80 Å². The number of carbonyl (C=O) groups is 2. The lowest BCUT2D eigenvalue weighted by Gasteiger charge is -2.28. The fourth-order valence-corrected chi connectivity index (χ4v) is 4.30. The van der Waals surface area contributed by atoms with Gasteiger partial charge in [0.15, 0.2) is 5.43 Å². The number of unbranched alkanes of at least 4 members (excludes halogenated alkanes) is 1. The monoisotopic (exact) mass is 549 g/mol. The van der Waals surface area contributed by atoms with Crippen molar-refractivity contribution in [2.24, 2.45) is 0 Å². The maximum atomic E-state index is 13.7. The quantitative estimate of drug-likeness (QED) is 0.246. The Balaban J connectivity index is 1.59. The highest BCUT2D eigenvalue weighted by atomic mass is 35.5. The minimum Gasteiger partial charge on any atom is -0.464 e. The third kappa shape index (κ3) is 7.45. The number of fused-ring (bicyclic) bond motifs is 1. The number of carbonyl (C=O) groups excluding carboxylic acids is 2. The average molecular weight is 550 g/mol. The van der Waals surface area contributed by atoms with Gasteiger partial charge in [0.1, 0.15) is 17.9 Å². The number of anilines is 1. The van der Waals surface area contributed by atoms with Gasteiger partial charge in [0, 0.05) is 23.8 Å². The van der Waals surface area contributed by atoms with Crippen LogP contribution in [0.15, 0.2) is 88.3 Å². The number of rotatable bonds is 10. The summed E-state index contributed by atoms with van der Waals surface area (Å²) >= 11 is 6.05. The zero-order valence-electron chi connectivity index (χ0n) is 21.5. The molecule has 0 fully saturated rings. The molecular weight excluding hydrogens is 521 g/mol. The van der Waals surface area contributed by atoms with Crippen LogP contribution >= 0.6 is 11.6 Å². The fraction of sp³-hybridized carbons (Fsp3) is 0.233. The zero-order valence-corrected chi connectivity index (χ0v) is 22.3. The highest BCUT2D eigenvalue weighted by molar-refractivity contribution is 6.30. The predicted octanol–water partition coefficient (Wildman–Crippen LogP) is 6.45. The molecule has 1 aromatic heterocycles. The molecule has 1 N–H and O–H groups in total. The number of hydrogen-bond donors (Lipinski definition) is 1. The molecule has 0 radical (unpaired) electrons. The first kappa shape index (κ1) is 27.9. The van der Waals surface area contributed by atoms with Crippen molar-refractivity contribution in [3.05, 3.63) is 111 Å². The largest absolute Gasteiger partial charge is 0.464 e. The Morgan fingerprint density at radius 2 is 1.74 bits per heavy atom. The van der Waals surface area contributed by atoms with E-state index in [9.17, 15) is 18.8 Å². The van der Waals surface area contributed by atoms with E-state index in [1.54, 1.807) is 60.7 Å². The molecule has 9 heteroatoms. The first-order valence-corrected chi connectivity index (χ1v) is 13.0. The van der Waals surface area contributed by atoms with E-state index in [0.29, 0.717) is 45.8 Å². The summed E-state index contributed by atoms with van der Waals surface area (Å²) in [5.74, 6) is -0.764. The molecule has 0 aliphatic carbocycles. The van der Waals surface area contributed by atoms with Crippen LogP contribution in [0.2, 0.25) is 5.02 Å². The smallest absolute Gasteiger partial charge is 0.322 e. The average Bonchev–Trinajstić information content (AvgIpc) is 2.93.